The number of H-pyrrole nitrogens is 2. The highest BCUT2D eigenvalue weighted by Gasteiger charge is 2.17. The summed E-state index contributed by atoms with van der Waals surface area (Å²) >= 11 is 0.742. The van der Waals surface area contributed by atoms with Crippen molar-refractivity contribution in [1.82, 2.24) is 9.97 Å². The third-order valence-electron chi connectivity index (χ3n) is 3.66. The molecule has 0 amide bonds. The SMILES string of the molecule is O=c1[nH]c(O)c(N=Nc2ccc(N=Nc3ccc(SOOO)cc3)cc2S(=O)(=O)O)c(=O)[nH]1. The van der Waals surface area contributed by atoms with E-state index in [1.165, 1.54) is 6.07 Å². The van der Waals surface area contributed by atoms with Crippen LogP contribution in [0.3, 0.4) is 0 Å². The van der Waals surface area contributed by atoms with E-state index in [-0.39, 0.29) is 11.4 Å². The van der Waals surface area contributed by atoms with Crippen molar-refractivity contribution in [2.45, 2.75) is 9.79 Å². The zero-order valence-electron chi connectivity index (χ0n) is 15.9. The molecular weight excluding hydrogens is 484 g/mol. The van der Waals surface area contributed by atoms with Crippen LogP contribution >= 0.6 is 12.0 Å². The van der Waals surface area contributed by atoms with E-state index in [0.29, 0.717) is 10.6 Å². The molecule has 172 valence electrons. The molecule has 0 aliphatic rings. The second-order valence-corrected chi connectivity index (χ2v) is 8.02. The lowest BCUT2D eigenvalue weighted by Crippen LogP contribution is -2.20. The molecule has 3 aromatic rings. The van der Waals surface area contributed by atoms with Crippen LogP contribution in [0.25, 0.3) is 0 Å². The normalized spacial score (nSPS) is 12.1. The first kappa shape index (κ1) is 23.9. The highest BCUT2D eigenvalue weighted by molar-refractivity contribution is 7.94. The Morgan fingerprint density at radius 2 is 1.58 bits per heavy atom. The van der Waals surface area contributed by atoms with Gasteiger partial charge in [-0.05, 0) is 42.5 Å². The molecule has 33 heavy (non-hydrogen) atoms. The number of rotatable bonds is 8. The summed E-state index contributed by atoms with van der Waals surface area (Å²) < 4.78 is 37.3. The maximum Gasteiger partial charge on any atom is 0.328 e. The molecule has 0 fully saturated rings. The maximum atomic E-state index is 11.8. The van der Waals surface area contributed by atoms with Gasteiger partial charge in [0.25, 0.3) is 15.7 Å². The van der Waals surface area contributed by atoms with Crippen molar-refractivity contribution in [2.75, 3.05) is 0 Å². The van der Waals surface area contributed by atoms with Crippen LogP contribution in [-0.2, 0) is 19.5 Å². The molecule has 3 rings (SSSR count). The van der Waals surface area contributed by atoms with E-state index < -0.39 is 37.8 Å². The Balaban J connectivity index is 1.89. The van der Waals surface area contributed by atoms with Crippen LogP contribution < -0.4 is 11.2 Å². The van der Waals surface area contributed by atoms with E-state index >= 15 is 0 Å². The molecule has 1 heterocycles. The molecule has 17 heteroatoms. The summed E-state index contributed by atoms with van der Waals surface area (Å²) in [5.74, 6) is -0.883. The fraction of sp³-hybridized carbons (Fsp3) is 0. The number of aromatic hydroxyl groups is 1. The molecular formula is C16H12N6O9S2. The molecule has 0 radical (unpaired) electrons. The van der Waals surface area contributed by atoms with Crippen LogP contribution in [0, 0.1) is 0 Å². The first-order valence-electron chi connectivity index (χ1n) is 8.43. The van der Waals surface area contributed by atoms with E-state index in [0.717, 1.165) is 24.2 Å². The van der Waals surface area contributed by atoms with Crippen LogP contribution in [0.4, 0.5) is 22.7 Å². The van der Waals surface area contributed by atoms with Gasteiger partial charge in [0.2, 0.25) is 11.6 Å². The quantitative estimate of drug-likeness (QED) is 0.100. The van der Waals surface area contributed by atoms with Crippen molar-refractivity contribution in [3.05, 3.63) is 63.3 Å². The molecule has 15 nitrogen and oxygen atoms in total. The second-order valence-electron chi connectivity index (χ2n) is 5.85. The van der Waals surface area contributed by atoms with E-state index in [4.69, 9.17) is 5.26 Å². The Labute approximate surface area is 187 Å². The minimum absolute atomic E-state index is 0.0294. The number of benzene rings is 2. The smallest absolute Gasteiger partial charge is 0.328 e. The van der Waals surface area contributed by atoms with Crippen LogP contribution in [0.5, 0.6) is 5.88 Å². The molecule has 0 bridgehead atoms. The Kier molecular flexibility index (Phi) is 7.43. The summed E-state index contributed by atoms with van der Waals surface area (Å²) in [6, 6.07) is 9.66. The number of nitrogens with one attached hydrogen (secondary N) is 2. The van der Waals surface area contributed by atoms with E-state index in [9.17, 15) is 27.7 Å². The number of nitrogens with zero attached hydrogens (tertiary/aromatic N) is 4. The van der Waals surface area contributed by atoms with E-state index in [1.807, 2.05) is 9.97 Å². The summed E-state index contributed by atoms with van der Waals surface area (Å²) in [5, 5.41) is 36.0. The van der Waals surface area contributed by atoms with Gasteiger partial charge >= 0.3 is 5.69 Å². The molecule has 2 aromatic carbocycles. The average molecular weight is 496 g/mol. The fourth-order valence-corrected chi connectivity index (χ4v) is 3.26. The number of azo groups is 2. The number of aromatic amines is 2. The number of aromatic nitrogens is 2. The number of hydrogen-bond donors (Lipinski definition) is 5. The van der Waals surface area contributed by atoms with Crippen molar-refractivity contribution in [3.63, 3.8) is 0 Å². The lowest BCUT2D eigenvalue weighted by Gasteiger charge is -2.03. The zero-order valence-corrected chi connectivity index (χ0v) is 17.6. The van der Waals surface area contributed by atoms with Gasteiger partial charge in [-0.3, -0.25) is 19.3 Å². The predicted octanol–water partition coefficient (Wildman–Crippen LogP) is 3.27. The van der Waals surface area contributed by atoms with Gasteiger partial charge in [-0.25, -0.2) is 10.1 Å². The van der Waals surface area contributed by atoms with Gasteiger partial charge < -0.3 is 5.11 Å². The average Bonchev–Trinajstić information content (AvgIpc) is 2.76. The predicted molar refractivity (Wildman–Crippen MR) is 111 cm³/mol. The zero-order chi connectivity index (χ0) is 24.0. The molecule has 0 saturated heterocycles. The molecule has 0 aliphatic carbocycles. The summed E-state index contributed by atoms with van der Waals surface area (Å²) in [7, 11) is -4.80. The van der Waals surface area contributed by atoms with Gasteiger partial charge in [0.05, 0.1) is 23.4 Å². The summed E-state index contributed by atoms with van der Waals surface area (Å²) in [4.78, 5) is 26.4. The van der Waals surface area contributed by atoms with Crippen molar-refractivity contribution in [1.29, 1.82) is 0 Å². The maximum absolute atomic E-state index is 11.8. The second kappa shape index (κ2) is 10.3. The first-order chi connectivity index (χ1) is 15.7. The molecule has 0 aliphatic heterocycles. The fourth-order valence-electron chi connectivity index (χ4n) is 2.26. The van der Waals surface area contributed by atoms with Gasteiger partial charge in [-0.2, -0.15) is 18.6 Å². The van der Waals surface area contributed by atoms with Gasteiger partial charge in [0, 0.05) is 4.90 Å². The highest BCUT2D eigenvalue weighted by Crippen LogP contribution is 2.31. The summed E-state index contributed by atoms with van der Waals surface area (Å²) in [5.41, 5.74) is -2.70. The van der Waals surface area contributed by atoms with Crippen LogP contribution in [0.2, 0.25) is 0 Å². The van der Waals surface area contributed by atoms with E-state index in [1.54, 1.807) is 24.3 Å². The Bertz CT molecular complexity index is 1430. The lowest BCUT2D eigenvalue weighted by atomic mass is 10.3. The third-order valence-corrected chi connectivity index (χ3v) is 5.13. The molecule has 0 unspecified atom stereocenters. The highest BCUT2D eigenvalue weighted by atomic mass is 32.2. The Morgan fingerprint density at radius 3 is 2.21 bits per heavy atom. The Hall–Kier alpha value is -3.74. The van der Waals surface area contributed by atoms with Crippen molar-refractivity contribution in [3.8, 4) is 5.88 Å². The van der Waals surface area contributed by atoms with Crippen molar-refractivity contribution < 1.29 is 32.7 Å². The van der Waals surface area contributed by atoms with Crippen LogP contribution in [0.15, 0.2) is 82.3 Å². The number of hydrogen-bond acceptors (Lipinski definition) is 13. The molecule has 0 spiro atoms. The topological polar surface area (TPSA) is 228 Å². The molecule has 0 atom stereocenters. The Morgan fingerprint density at radius 1 is 0.909 bits per heavy atom. The molecule has 1 aromatic heterocycles. The molecule has 0 saturated carbocycles. The largest absolute Gasteiger partial charge is 0.493 e. The third kappa shape index (κ3) is 6.38. The summed E-state index contributed by atoms with van der Waals surface area (Å²) in [6.45, 7) is 0. The van der Waals surface area contributed by atoms with Gasteiger partial charge in [-0.15, -0.1) is 14.6 Å². The van der Waals surface area contributed by atoms with Gasteiger partial charge in [-0.1, -0.05) is 5.04 Å². The molecule has 5 N–H and O–H groups in total. The summed E-state index contributed by atoms with van der Waals surface area (Å²) in [6.07, 6.45) is 0. The monoisotopic (exact) mass is 496 g/mol. The van der Waals surface area contributed by atoms with Crippen LogP contribution in [0.1, 0.15) is 0 Å². The lowest BCUT2D eigenvalue weighted by molar-refractivity contribution is -0.432. The van der Waals surface area contributed by atoms with E-state index in [2.05, 4.69) is 29.8 Å². The van der Waals surface area contributed by atoms with Crippen molar-refractivity contribution >= 4 is 44.9 Å². The van der Waals surface area contributed by atoms with Crippen LogP contribution in [-0.4, -0.2) is 33.3 Å². The van der Waals surface area contributed by atoms with Gasteiger partial charge in [0.15, 0.2) is 0 Å². The minimum atomic E-state index is -4.80. The first-order valence-corrected chi connectivity index (χ1v) is 10.6. The minimum Gasteiger partial charge on any atom is -0.493 e. The van der Waals surface area contributed by atoms with Crippen molar-refractivity contribution in [2.24, 2.45) is 20.5 Å². The standard InChI is InChI=1S/C16H12N6O9S2/c23-14-13(15(24)18-16(25)17-14)22-21-11-6-3-9(7-12(11)33(27,28)29)20-19-8-1-4-10(5-2-8)32-31-30-26/h1-7,26H,(H,27,28,29)(H3,17,18,23,24,25). The van der Waals surface area contributed by atoms with Gasteiger partial charge in [0.1, 0.15) is 10.6 Å².